The first-order chi connectivity index (χ1) is 12.3. The van der Waals surface area contributed by atoms with E-state index in [1.165, 1.54) is 0 Å². The Morgan fingerprint density at radius 2 is 1.92 bits per heavy atom. The Balaban J connectivity index is 1.62. The minimum Gasteiger partial charge on any atom is -0.464 e. The standard InChI is InChI=1S/C20H15BrN2O2/c21-14-8-9-18-15(11-14)17-12-16(19-7-4-10-24-19)22-23(17)20(25-18)13-5-2-1-3-6-13/h1-11,17,20H,12H2. The Hall–Kier alpha value is -2.53. The predicted molar refractivity (Wildman–Crippen MR) is 98.4 cm³/mol. The molecule has 1 aromatic heterocycles. The quantitative estimate of drug-likeness (QED) is 0.592. The second-order valence-corrected chi connectivity index (χ2v) is 7.10. The van der Waals surface area contributed by atoms with E-state index in [0.29, 0.717) is 0 Å². The van der Waals surface area contributed by atoms with Gasteiger partial charge in [-0.3, -0.25) is 0 Å². The first-order valence-corrected chi connectivity index (χ1v) is 8.99. The zero-order valence-electron chi connectivity index (χ0n) is 13.3. The van der Waals surface area contributed by atoms with Gasteiger partial charge in [0.25, 0.3) is 0 Å². The SMILES string of the molecule is Brc1ccc2c(c1)C1CC(c3ccco3)=NN1C(c1ccccc1)O2. The summed E-state index contributed by atoms with van der Waals surface area (Å²) < 4.78 is 12.9. The molecule has 25 heavy (non-hydrogen) atoms. The molecule has 5 rings (SSSR count). The maximum atomic E-state index is 6.32. The van der Waals surface area contributed by atoms with Gasteiger partial charge < -0.3 is 9.15 Å². The normalized spacial score (nSPS) is 21.3. The summed E-state index contributed by atoms with van der Waals surface area (Å²) in [6.45, 7) is 0. The summed E-state index contributed by atoms with van der Waals surface area (Å²) in [4.78, 5) is 0. The number of ether oxygens (including phenoxy) is 1. The van der Waals surface area contributed by atoms with Crippen LogP contribution in [0.3, 0.4) is 0 Å². The number of hydrogen-bond acceptors (Lipinski definition) is 4. The van der Waals surface area contributed by atoms with Gasteiger partial charge in [0.2, 0.25) is 6.23 Å². The number of nitrogens with zero attached hydrogens (tertiary/aromatic N) is 2. The minimum absolute atomic E-state index is 0.131. The number of hydrogen-bond donors (Lipinski definition) is 0. The van der Waals surface area contributed by atoms with Crippen molar-refractivity contribution in [2.45, 2.75) is 18.7 Å². The molecule has 4 nitrogen and oxygen atoms in total. The van der Waals surface area contributed by atoms with Gasteiger partial charge in [-0.25, -0.2) is 5.01 Å². The number of halogens is 1. The van der Waals surface area contributed by atoms with Crippen LogP contribution in [0.4, 0.5) is 0 Å². The van der Waals surface area contributed by atoms with Crippen molar-refractivity contribution in [2.75, 3.05) is 0 Å². The van der Waals surface area contributed by atoms with Gasteiger partial charge in [0.15, 0.2) is 0 Å². The Kier molecular flexibility index (Phi) is 3.41. The van der Waals surface area contributed by atoms with Crippen molar-refractivity contribution >= 4 is 21.6 Å². The molecule has 124 valence electrons. The van der Waals surface area contributed by atoms with E-state index in [2.05, 4.69) is 39.1 Å². The number of fused-ring (bicyclic) bond motifs is 3. The summed E-state index contributed by atoms with van der Waals surface area (Å²) in [5, 5.41) is 6.91. The average molecular weight is 395 g/mol. The van der Waals surface area contributed by atoms with Crippen molar-refractivity contribution in [1.82, 2.24) is 5.01 Å². The highest BCUT2D eigenvalue weighted by Crippen LogP contribution is 2.48. The summed E-state index contributed by atoms with van der Waals surface area (Å²) >= 11 is 3.57. The van der Waals surface area contributed by atoms with Gasteiger partial charge in [0, 0.05) is 22.0 Å². The summed E-state index contributed by atoms with van der Waals surface area (Å²) in [5.41, 5.74) is 3.18. The molecule has 0 N–H and O–H groups in total. The van der Waals surface area contributed by atoms with Crippen LogP contribution in [-0.4, -0.2) is 10.7 Å². The van der Waals surface area contributed by atoms with Crippen LogP contribution in [0.2, 0.25) is 0 Å². The fraction of sp³-hybridized carbons (Fsp3) is 0.150. The molecular formula is C20H15BrN2O2. The molecule has 0 fully saturated rings. The Morgan fingerprint density at radius 3 is 2.72 bits per heavy atom. The van der Waals surface area contributed by atoms with Gasteiger partial charge in [-0.05, 0) is 30.3 Å². The summed E-state index contributed by atoms with van der Waals surface area (Å²) in [7, 11) is 0. The van der Waals surface area contributed by atoms with Gasteiger partial charge in [-0.15, -0.1) is 0 Å². The van der Waals surface area contributed by atoms with E-state index in [0.717, 1.165) is 39.2 Å². The fourth-order valence-electron chi connectivity index (χ4n) is 3.49. The predicted octanol–water partition coefficient (Wildman–Crippen LogP) is 5.28. The highest BCUT2D eigenvalue weighted by molar-refractivity contribution is 9.10. The first-order valence-electron chi connectivity index (χ1n) is 8.20. The molecule has 2 aliphatic heterocycles. The molecule has 5 heteroatoms. The van der Waals surface area contributed by atoms with Crippen molar-refractivity contribution in [1.29, 1.82) is 0 Å². The molecule has 2 aromatic carbocycles. The molecule has 2 unspecified atom stereocenters. The van der Waals surface area contributed by atoms with Crippen molar-refractivity contribution in [3.63, 3.8) is 0 Å². The number of rotatable bonds is 2. The van der Waals surface area contributed by atoms with E-state index in [1.807, 2.05) is 42.5 Å². The molecule has 2 atom stereocenters. The van der Waals surface area contributed by atoms with Crippen molar-refractivity contribution in [3.8, 4) is 5.75 Å². The maximum absolute atomic E-state index is 6.32. The van der Waals surface area contributed by atoms with E-state index in [-0.39, 0.29) is 12.3 Å². The largest absolute Gasteiger partial charge is 0.464 e. The minimum atomic E-state index is -0.243. The second kappa shape index (κ2) is 5.77. The first kappa shape index (κ1) is 14.8. The third kappa shape index (κ3) is 2.46. The monoisotopic (exact) mass is 394 g/mol. The Labute approximate surface area is 153 Å². The summed E-state index contributed by atoms with van der Waals surface area (Å²) in [6, 6.07) is 20.4. The molecule has 0 saturated heterocycles. The van der Waals surface area contributed by atoms with Crippen LogP contribution in [0, 0.1) is 0 Å². The van der Waals surface area contributed by atoms with Crippen LogP contribution in [0.25, 0.3) is 0 Å². The van der Waals surface area contributed by atoms with Gasteiger partial charge in [-0.2, -0.15) is 5.10 Å². The maximum Gasteiger partial charge on any atom is 0.213 e. The zero-order chi connectivity index (χ0) is 16.8. The molecule has 3 heterocycles. The van der Waals surface area contributed by atoms with E-state index >= 15 is 0 Å². The van der Waals surface area contributed by atoms with Gasteiger partial charge in [0.1, 0.15) is 17.2 Å². The lowest BCUT2D eigenvalue weighted by Gasteiger charge is -2.38. The topological polar surface area (TPSA) is 38.0 Å². The van der Waals surface area contributed by atoms with Crippen LogP contribution >= 0.6 is 15.9 Å². The van der Waals surface area contributed by atoms with Gasteiger partial charge >= 0.3 is 0 Å². The molecule has 0 spiro atoms. The van der Waals surface area contributed by atoms with E-state index in [9.17, 15) is 0 Å². The lowest BCUT2D eigenvalue weighted by molar-refractivity contribution is -0.0190. The summed E-state index contributed by atoms with van der Waals surface area (Å²) in [5.74, 6) is 1.73. The van der Waals surface area contributed by atoms with Crippen molar-refractivity contribution < 1.29 is 9.15 Å². The fourth-order valence-corrected chi connectivity index (χ4v) is 3.87. The molecular weight excluding hydrogens is 380 g/mol. The second-order valence-electron chi connectivity index (χ2n) is 6.19. The molecule has 0 radical (unpaired) electrons. The average Bonchev–Trinajstić information content (AvgIpc) is 3.31. The van der Waals surface area contributed by atoms with Crippen LogP contribution in [0.1, 0.15) is 35.6 Å². The Bertz CT molecular complexity index is 938. The van der Waals surface area contributed by atoms with Crippen LogP contribution in [0.15, 0.2) is 80.9 Å². The third-order valence-corrected chi connectivity index (χ3v) is 5.14. The molecule has 0 saturated carbocycles. The van der Waals surface area contributed by atoms with E-state index in [1.54, 1.807) is 6.26 Å². The van der Waals surface area contributed by atoms with Crippen LogP contribution < -0.4 is 4.74 Å². The highest BCUT2D eigenvalue weighted by Gasteiger charge is 2.41. The smallest absolute Gasteiger partial charge is 0.213 e. The lowest BCUT2D eigenvalue weighted by atomic mass is 9.97. The summed E-state index contributed by atoms with van der Waals surface area (Å²) in [6.07, 6.45) is 2.24. The highest BCUT2D eigenvalue weighted by atomic mass is 79.9. The van der Waals surface area contributed by atoms with Crippen LogP contribution in [-0.2, 0) is 0 Å². The van der Waals surface area contributed by atoms with Crippen LogP contribution in [0.5, 0.6) is 5.75 Å². The van der Waals surface area contributed by atoms with Crippen molar-refractivity contribution in [2.24, 2.45) is 5.10 Å². The van der Waals surface area contributed by atoms with E-state index < -0.39 is 0 Å². The van der Waals surface area contributed by atoms with Gasteiger partial charge in [-0.1, -0.05) is 46.3 Å². The number of furan rings is 1. The zero-order valence-corrected chi connectivity index (χ0v) is 14.9. The molecule has 0 amide bonds. The number of hydrazone groups is 1. The lowest BCUT2D eigenvalue weighted by Crippen LogP contribution is -2.33. The Morgan fingerprint density at radius 1 is 1.04 bits per heavy atom. The molecule has 0 aliphatic carbocycles. The molecule has 0 bridgehead atoms. The van der Waals surface area contributed by atoms with Crippen molar-refractivity contribution in [3.05, 3.63) is 88.3 Å². The molecule has 3 aromatic rings. The third-order valence-electron chi connectivity index (χ3n) is 4.64. The van der Waals surface area contributed by atoms with E-state index in [4.69, 9.17) is 14.3 Å². The van der Waals surface area contributed by atoms with Gasteiger partial charge in [0.05, 0.1) is 12.3 Å². The molecule has 2 aliphatic rings. The number of benzene rings is 2.